The molecule has 2 heterocycles. The maximum absolute atomic E-state index is 12.8. The Bertz CT molecular complexity index is 1030. The number of aromatic nitrogens is 4. The zero-order valence-corrected chi connectivity index (χ0v) is 15.4. The highest BCUT2D eigenvalue weighted by Crippen LogP contribution is 2.16. The van der Waals surface area contributed by atoms with E-state index in [1.807, 2.05) is 13.8 Å². The zero-order valence-electron chi connectivity index (χ0n) is 15.4. The number of anilines is 2. The minimum Gasteiger partial charge on any atom is -0.456 e. The van der Waals surface area contributed by atoms with E-state index in [1.54, 1.807) is 0 Å². The van der Waals surface area contributed by atoms with Gasteiger partial charge in [-0.2, -0.15) is 9.50 Å². The van der Waals surface area contributed by atoms with Gasteiger partial charge in [0, 0.05) is 23.5 Å². The molecule has 0 unspecified atom stereocenters. The first-order valence-electron chi connectivity index (χ1n) is 8.53. The topological polar surface area (TPSA) is 124 Å². The Morgan fingerprint density at radius 1 is 1.21 bits per heavy atom. The SMILES string of the molecule is Cc1nc2nc(N)nn2c(C)c1CCC(=O)OCC(=O)Nc1ccc(F)cc1. The van der Waals surface area contributed by atoms with Crippen LogP contribution < -0.4 is 11.1 Å². The van der Waals surface area contributed by atoms with Gasteiger partial charge in [0.05, 0.1) is 0 Å². The van der Waals surface area contributed by atoms with Gasteiger partial charge in [-0.15, -0.1) is 5.10 Å². The maximum atomic E-state index is 12.8. The summed E-state index contributed by atoms with van der Waals surface area (Å²) < 4.78 is 19.4. The molecule has 1 amide bonds. The average molecular weight is 386 g/mol. The fraction of sp³-hybridized carbons (Fsp3) is 0.278. The van der Waals surface area contributed by atoms with Crippen LogP contribution in [0.4, 0.5) is 16.0 Å². The van der Waals surface area contributed by atoms with E-state index in [1.165, 1.54) is 28.8 Å². The van der Waals surface area contributed by atoms with Gasteiger partial charge >= 0.3 is 5.97 Å². The van der Waals surface area contributed by atoms with Crippen molar-refractivity contribution in [1.29, 1.82) is 0 Å². The number of nitrogens with zero attached hydrogens (tertiary/aromatic N) is 4. The molecule has 1 aromatic carbocycles. The molecule has 0 saturated carbocycles. The number of halogens is 1. The molecule has 10 heteroatoms. The highest BCUT2D eigenvalue weighted by atomic mass is 19.1. The van der Waals surface area contributed by atoms with Crippen molar-refractivity contribution in [1.82, 2.24) is 19.6 Å². The number of rotatable bonds is 6. The molecule has 0 atom stereocenters. The van der Waals surface area contributed by atoms with Gasteiger partial charge in [-0.05, 0) is 50.1 Å². The molecule has 3 aromatic rings. The lowest BCUT2D eigenvalue weighted by Gasteiger charge is -2.10. The molecule has 0 fully saturated rings. The lowest BCUT2D eigenvalue weighted by Crippen LogP contribution is -2.21. The minimum atomic E-state index is -0.522. The molecule has 0 aliphatic rings. The second-order valence-electron chi connectivity index (χ2n) is 6.16. The number of fused-ring (bicyclic) bond motifs is 1. The fourth-order valence-electron chi connectivity index (χ4n) is 2.76. The summed E-state index contributed by atoms with van der Waals surface area (Å²) in [4.78, 5) is 32.1. The van der Waals surface area contributed by atoms with E-state index in [4.69, 9.17) is 10.5 Å². The van der Waals surface area contributed by atoms with Gasteiger partial charge in [0.1, 0.15) is 5.82 Å². The van der Waals surface area contributed by atoms with Gasteiger partial charge in [0.2, 0.25) is 5.95 Å². The van der Waals surface area contributed by atoms with Gasteiger partial charge in [-0.3, -0.25) is 9.59 Å². The number of carbonyl (C=O) groups is 2. The predicted molar refractivity (Wildman–Crippen MR) is 99.0 cm³/mol. The third kappa shape index (κ3) is 4.40. The number of aryl methyl sites for hydroxylation is 2. The Morgan fingerprint density at radius 3 is 2.64 bits per heavy atom. The average Bonchev–Trinajstić information content (AvgIpc) is 3.02. The molecule has 0 bridgehead atoms. The van der Waals surface area contributed by atoms with Crippen molar-refractivity contribution in [2.24, 2.45) is 0 Å². The zero-order chi connectivity index (χ0) is 20.3. The van der Waals surface area contributed by atoms with E-state index in [9.17, 15) is 14.0 Å². The highest BCUT2D eigenvalue weighted by Gasteiger charge is 2.15. The van der Waals surface area contributed by atoms with E-state index in [2.05, 4.69) is 20.4 Å². The van der Waals surface area contributed by atoms with Crippen LogP contribution in [0.3, 0.4) is 0 Å². The summed E-state index contributed by atoms with van der Waals surface area (Å²) in [6.07, 6.45) is 0.446. The van der Waals surface area contributed by atoms with Crippen LogP contribution in [-0.2, 0) is 20.7 Å². The number of hydrogen-bond donors (Lipinski definition) is 2. The van der Waals surface area contributed by atoms with Crippen LogP contribution in [0.1, 0.15) is 23.4 Å². The highest BCUT2D eigenvalue weighted by molar-refractivity contribution is 5.92. The Kier molecular flexibility index (Phi) is 5.48. The van der Waals surface area contributed by atoms with E-state index in [0.717, 1.165) is 17.0 Å². The Labute approximate surface area is 159 Å². The molecule has 28 heavy (non-hydrogen) atoms. The van der Waals surface area contributed by atoms with Crippen LogP contribution in [0.25, 0.3) is 5.78 Å². The third-order valence-electron chi connectivity index (χ3n) is 4.14. The third-order valence-corrected chi connectivity index (χ3v) is 4.14. The molecular formula is C18H19FN6O3. The number of amides is 1. The lowest BCUT2D eigenvalue weighted by molar-refractivity contribution is -0.147. The van der Waals surface area contributed by atoms with E-state index < -0.39 is 24.3 Å². The van der Waals surface area contributed by atoms with Crippen LogP contribution in [0.5, 0.6) is 0 Å². The summed E-state index contributed by atoms with van der Waals surface area (Å²) >= 11 is 0. The summed E-state index contributed by atoms with van der Waals surface area (Å²) in [5.41, 5.74) is 8.36. The van der Waals surface area contributed by atoms with Crippen molar-refractivity contribution in [2.45, 2.75) is 26.7 Å². The standard InChI is InChI=1S/C18H19FN6O3/c1-10-14(11(2)25-18(21-10)23-17(20)24-25)7-8-16(27)28-9-15(26)22-13-5-3-12(19)4-6-13/h3-6H,7-9H2,1-2H3,(H2,20,24)(H,22,26). The quantitative estimate of drug-likeness (QED) is 0.616. The first kappa shape index (κ1) is 19.2. The minimum absolute atomic E-state index is 0.0723. The normalized spacial score (nSPS) is 10.8. The van der Waals surface area contributed by atoms with Gasteiger partial charge in [0.25, 0.3) is 11.7 Å². The molecule has 9 nitrogen and oxygen atoms in total. The monoisotopic (exact) mass is 386 g/mol. The van der Waals surface area contributed by atoms with Crippen molar-refractivity contribution in [3.05, 3.63) is 47.0 Å². The van der Waals surface area contributed by atoms with Gasteiger partial charge < -0.3 is 15.8 Å². The number of nitrogens with two attached hydrogens (primary N) is 1. The van der Waals surface area contributed by atoms with Gasteiger partial charge in [0.15, 0.2) is 6.61 Å². The molecule has 3 rings (SSSR count). The van der Waals surface area contributed by atoms with Crippen molar-refractivity contribution in [2.75, 3.05) is 17.7 Å². The predicted octanol–water partition coefficient (Wildman–Crippen LogP) is 1.58. The molecule has 3 N–H and O–H groups in total. The fourth-order valence-corrected chi connectivity index (χ4v) is 2.76. The Balaban J connectivity index is 1.53. The van der Waals surface area contributed by atoms with Crippen LogP contribution in [0.15, 0.2) is 24.3 Å². The number of ether oxygens (including phenoxy) is 1. The van der Waals surface area contributed by atoms with E-state index in [-0.39, 0.29) is 12.4 Å². The second kappa shape index (κ2) is 7.99. The summed E-state index contributed by atoms with van der Waals surface area (Å²) in [5.74, 6) is -0.911. The van der Waals surface area contributed by atoms with Crippen LogP contribution in [-0.4, -0.2) is 38.1 Å². The maximum Gasteiger partial charge on any atom is 0.306 e. The molecule has 2 aromatic heterocycles. The molecular weight excluding hydrogens is 367 g/mol. The molecule has 0 aliphatic carbocycles. The Hall–Kier alpha value is -3.56. The number of nitrogen functional groups attached to an aromatic ring is 1. The summed E-state index contributed by atoms with van der Waals surface area (Å²) in [6.45, 7) is 3.23. The van der Waals surface area contributed by atoms with Crippen molar-refractivity contribution < 1.29 is 18.7 Å². The molecule has 0 spiro atoms. The van der Waals surface area contributed by atoms with Crippen molar-refractivity contribution in [3.8, 4) is 0 Å². The van der Waals surface area contributed by atoms with E-state index in [0.29, 0.717) is 17.9 Å². The Morgan fingerprint density at radius 2 is 1.93 bits per heavy atom. The van der Waals surface area contributed by atoms with Crippen LogP contribution >= 0.6 is 0 Å². The molecule has 0 aliphatic heterocycles. The van der Waals surface area contributed by atoms with E-state index >= 15 is 0 Å². The summed E-state index contributed by atoms with van der Waals surface area (Å²) in [7, 11) is 0. The number of esters is 1. The van der Waals surface area contributed by atoms with Crippen LogP contribution in [0, 0.1) is 19.7 Å². The van der Waals surface area contributed by atoms with Crippen molar-refractivity contribution in [3.63, 3.8) is 0 Å². The van der Waals surface area contributed by atoms with Crippen LogP contribution in [0.2, 0.25) is 0 Å². The summed E-state index contributed by atoms with van der Waals surface area (Å²) in [6, 6.07) is 5.28. The molecule has 0 radical (unpaired) electrons. The number of nitrogens with one attached hydrogen (secondary N) is 1. The van der Waals surface area contributed by atoms with Crippen molar-refractivity contribution >= 4 is 29.3 Å². The van der Waals surface area contributed by atoms with Gasteiger partial charge in [-0.1, -0.05) is 0 Å². The first-order valence-corrected chi connectivity index (χ1v) is 8.53. The largest absolute Gasteiger partial charge is 0.456 e. The molecule has 0 saturated heterocycles. The number of carbonyl (C=O) groups excluding carboxylic acids is 2. The number of hydrogen-bond acceptors (Lipinski definition) is 7. The molecule has 146 valence electrons. The lowest BCUT2D eigenvalue weighted by atomic mass is 10.1. The van der Waals surface area contributed by atoms with Gasteiger partial charge in [-0.25, -0.2) is 9.37 Å². The first-order chi connectivity index (χ1) is 13.3. The smallest absolute Gasteiger partial charge is 0.306 e. The number of benzene rings is 1. The summed E-state index contributed by atoms with van der Waals surface area (Å²) in [5, 5.41) is 6.59. The second-order valence-corrected chi connectivity index (χ2v) is 6.16.